The molecule has 0 unspecified atom stereocenters. The van der Waals surface area contributed by atoms with Gasteiger partial charge in [-0.15, -0.1) is 0 Å². The van der Waals surface area contributed by atoms with E-state index in [4.69, 9.17) is 4.74 Å². The number of ether oxygens (including phenoxy) is 1. The molecule has 0 aliphatic rings. The summed E-state index contributed by atoms with van der Waals surface area (Å²) in [6, 6.07) is 17.3. The zero-order valence-electron chi connectivity index (χ0n) is 16.4. The Balaban J connectivity index is 1.92. The van der Waals surface area contributed by atoms with Crippen LogP contribution >= 0.6 is 0 Å². The number of nitrogens with zero attached hydrogens (tertiary/aromatic N) is 3. The highest BCUT2D eigenvalue weighted by atomic mass is 16.5. The smallest absolute Gasteiger partial charge is 0.337 e. The Hall–Kier alpha value is -4.46. The zero-order chi connectivity index (χ0) is 22.0. The molecule has 154 valence electrons. The highest BCUT2D eigenvalue weighted by Gasteiger charge is 2.19. The van der Waals surface area contributed by atoms with Crippen LogP contribution in [0.2, 0.25) is 0 Å². The molecule has 1 heterocycles. The van der Waals surface area contributed by atoms with Crippen LogP contribution < -0.4 is 0 Å². The SMILES string of the molecule is COC(=O)c1ccc(-c2nc(-c3ccccc3O)nc(-c3c(O)cccc3O)n2)cc1. The van der Waals surface area contributed by atoms with E-state index in [9.17, 15) is 20.1 Å². The van der Waals surface area contributed by atoms with Crippen LogP contribution in [-0.4, -0.2) is 43.4 Å². The van der Waals surface area contributed by atoms with Gasteiger partial charge >= 0.3 is 5.97 Å². The second kappa shape index (κ2) is 8.11. The van der Waals surface area contributed by atoms with E-state index >= 15 is 0 Å². The molecule has 0 fully saturated rings. The van der Waals surface area contributed by atoms with E-state index in [1.165, 1.54) is 31.4 Å². The van der Waals surface area contributed by atoms with Gasteiger partial charge in [-0.2, -0.15) is 0 Å². The van der Waals surface area contributed by atoms with E-state index in [1.807, 2.05) is 0 Å². The molecule has 3 N–H and O–H groups in total. The first kappa shape index (κ1) is 19.8. The topological polar surface area (TPSA) is 126 Å². The first-order valence-electron chi connectivity index (χ1n) is 9.22. The van der Waals surface area contributed by atoms with Gasteiger partial charge in [-0.1, -0.05) is 30.3 Å². The molecule has 0 aliphatic heterocycles. The number of methoxy groups -OCH3 is 1. The molecule has 0 saturated heterocycles. The van der Waals surface area contributed by atoms with Crippen LogP contribution in [0.15, 0.2) is 66.7 Å². The number of para-hydroxylation sites is 1. The number of rotatable bonds is 4. The lowest BCUT2D eigenvalue weighted by atomic mass is 10.1. The van der Waals surface area contributed by atoms with Gasteiger partial charge in [-0.25, -0.2) is 19.7 Å². The summed E-state index contributed by atoms with van der Waals surface area (Å²) in [6.07, 6.45) is 0. The third-order valence-corrected chi connectivity index (χ3v) is 4.59. The fourth-order valence-electron chi connectivity index (χ4n) is 3.03. The molecule has 4 aromatic rings. The Kier molecular flexibility index (Phi) is 5.19. The van der Waals surface area contributed by atoms with E-state index < -0.39 is 5.97 Å². The van der Waals surface area contributed by atoms with Crippen molar-refractivity contribution in [1.29, 1.82) is 0 Å². The monoisotopic (exact) mass is 415 g/mol. The van der Waals surface area contributed by atoms with E-state index in [2.05, 4.69) is 15.0 Å². The Morgan fingerprint density at radius 2 is 1.29 bits per heavy atom. The lowest BCUT2D eigenvalue weighted by Crippen LogP contribution is -2.02. The van der Waals surface area contributed by atoms with Crippen LogP contribution in [0.4, 0.5) is 0 Å². The average molecular weight is 415 g/mol. The molecule has 0 radical (unpaired) electrons. The van der Waals surface area contributed by atoms with Crippen molar-refractivity contribution in [2.24, 2.45) is 0 Å². The van der Waals surface area contributed by atoms with Gasteiger partial charge < -0.3 is 20.1 Å². The highest BCUT2D eigenvalue weighted by Crippen LogP contribution is 2.37. The normalized spacial score (nSPS) is 10.6. The summed E-state index contributed by atoms with van der Waals surface area (Å²) in [5.74, 6) is -0.524. The van der Waals surface area contributed by atoms with Crippen molar-refractivity contribution in [2.75, 3.05) is 7.11 Å². The number of benzene rings is 3. The van der Waals surface area contributed by atoms with E-state index in [0.717, 1.165) is 0 Å². The summed E-state index contributed by atoms with van der Waals surface area (Å²) in [7, 11) is 1.30. The first-order valence-corrected chi connectivity index (χ1v) is 9.22. The predicted molar refractivity (Wildman–Crippen MR) is 112 cm³/mol. The summed E-state index contributed by atoms with van der Waals surface area (Å²) >= 11 is 0. The van der Waals surface area contributed by atoms with Crippen molar-refractivity contribution < 1.29 is 24.9 Å². The third kappa shape index (κ3) is 3.86. The van der Waals surface area contributed by atoms with Crippen LogP contribution in [0, 0.1) is 0 Å². The summed E-state index contributed by atoms with van der Waals surface area (Å²) in [5.41, 5.74) is 1.31. The molecule has 0 atom stereocenters. The molecule has 8 nitrogen and oxygen atoms in total. The highest BCUT2D eigenvalue weighted by molar-refractivity contribution is 5.89. The van der Waals surface area contributed by atoms with Gasteiger partial charge in [0.1, 0.15) is 22.8 Å². The number of carbonyl (C=O) groups is 1. The molecule has 0 aliphatic carbocycles. The average Bonchev–Trinajstić information content (AvgIpc) is 2.78. The first-order chi connectivity index (χ1) is 15.0. The van der Waals surface area contributed by atoms with Crippen LogP contribution in [0.3, 0.4) is 0 Å². The number of aromatic hydroxyl groups is 3. The van der Waals surface area contributed by atoms with Crippen LogP contribution in [0.1, 0.15) is 10.4 Å². The Morgan fingerprint density at radius 1 is 0.710 bits per heavy atom. The van der Waals surface area contributed by atoms with E-state index in [0.29, 0.717) is 16.7 Å². The minimum atomic E-state index is -0.475. The maximum Gasteiger partial charge on any atom is 0.337 e. The zero-order valence-corrected chi connectivity index (χ0v) is 16.4. The molecular weight excluding hydrogens is 398 g/mol. The molecular formula is C23H17N3O5. The Bertz CT molecular complexity index is 1250. The Morgan fingerprint density at radius 3 is 1.94 bits per heavy atom. The number of carbonyl (C=O) groups excluding carboxylic acids is 1. The molecule has 0 spiro atoms. The van der Waals surface area contributed by atoms with Crippen LogP contribution in [0.25, 0.3) is 34.2 Å². The molecule has 31 heavy (non-hydrogen) atoms. The Labute approximate surface area is 177 Å². The number of hydrogen-bond acceptors (Lipinski definition) is 8. The molecule has 1 aromatic heterocycles. The largest absolute Gasteiger partial charge is 0.507 e. The molecule has 8 heteroatoms. The van der Waals surface area contributed by atoms with E-state index in [-0.39, 0.29) is 40.3 Å². The quantitative estimate of drug-likeness (QED) is 0.430. The van der Waals surface area contributed by atoms with Gasteiger partial charge in [0.05, 0.1) is 18.2 Å². The summed E-state index contributed by atoms with van der Waals surface area (Å²) in [6.45, 7) is 0. The van der Waals surface area contributed by atoms with E-state index in [1.54, 1.807) is 42.5 Å². The van der Waals surface area contributed by atoms with Crippen molar-refractivity contribution in [3.63, 3.8) is 0 Å². The fraction of sp³-hybridized carbons (Fsp3) is 0.0435. The van der Waals surface area contributed by atoms with Gasteiger partial charge in [0.2, 0.25) is 0 Å². The standard InChI is InChI=1S/C23H17N3O5/c1-31-23(30)14-11-9-13(10-12-14)20-24-21(15-5-2-3-6-16(15)27)26-22(25-20)19-17(28)7-4-8-18(19)29/h2-12,27-29H,1H3. The van der Waals surface area contributed by atoms with Gasteiger partial charge in [0.15, 0.2) is 17.5 Å². The van der Waals surface area contributed by atoms with Gasteiger partial charge in [-0.05, 0) is 36.4 Å². The fourth-order valence-corrected chi connectivity index (χ4v) is 3.03. The maximum absolute atomic E-state index is 11.7. The predicted octanol–water partition coefficient (Wildman–Crippen LogP) is 3.78. The lowest BCUT2D eigenvalue weighted by Gasteiger charge is -2.11. The van der Waals surface area contributed by atoms with Crippen LogP contribution in [-0.2, 0) is 4.74 Å². The van der Waals surface area contributed by atoms with Crippen molar-refractivity contribution in [3.05, 3.63) is 72.3 Å². The van der Waals surface area contributed by atoms with Gasteiger partial charge in [0, 0.05) is 5.56 Å². The minimum absolute atomic E-state index is 0.0240. The van der Waals surface area contributed by atoms with Gasteiger partial charge in [0.25, 0.3) is 0 Å². The molecule has 0 amide bonds. The lowest BCUT2D eigenvalue weighted by molar-refractivity contribution is 0.0600. The van der Waals surface area contributed by atoms with Crippen molar-refractivity contribution in [2.45, 2.75) is 0 Å². The van der Waals surface area contributed by atoms with Crippen molar-refractivity contribution >= 4 is 5.97 Å². The second-order valence-electron chi connectivity index (χ2n) is 6.56. The molecule has 3 aromatic carbocycles. The maximum atomic E-state index is 11.7. The molecule has 0 saturated carbocycles. The van der Waals surface area contributed by atoms with Crippen LogP contribution in [0.5, 0.6) is 17.2 Å². The van der Waals surface area contributed by atoms with Crippen molar-refractivity contribution in [3.8, 4) is 51.4 Å². The van der Waals surface area contributed by atoms with Crippen molar-refractivity contribution in [1.82, 2.24) is 15.0 Å². The number of esters is 1. The molecule has 0 bridgehead atoms. The minimum Gasteiger partial charge on any atom is -0.507 e. The number of aromatic nitrogens is 3. The summed E-state index contributed by atoms with van der Waals surface area (Å²) in [4.78, 5) is 24.9. The number of phenolic OH excluding ortho intramolecular Hbond substituents is 3. The number of hydrogen-bond donors (Lipinski definition) is 3. The molecule has 4 rings (SSSR count). The number of phenols is 3. The third-order valence-electron chi connectivity index (χ3n) is 4.59. The summed E-state index contributed by atoms with van der Waals surface area (Å²) < 4.78 is 4.71. The summed E-state index contributed by atoms with van der Waals surface area (Å²) in [5, 5.41) is 30.8. The second-order valence-corrected chi connectivity index (χ2v) is 6.56. The van der Waals surface area contributed by atoms with Gasteiger partial charge in [-0.3, -0.25) is 0 Å².